The zero-order valence-electron chi connectivity index (χ0n) is 13.5. The molecule has 0 radical (unpaired) electrons. The highest BCUT2D eigenvalue weighted by molar-refractivity contribution is 7.89. The lowest BCUT2D eigenvalue weighted by Gasteiger charge is -2.16. The van der Waals surface area contributed by atoms with Crippen LogP contribution in [0.1, 0.15) is 18.4 Å². The van der Waals surface area contributed by atoms with E-state index in [-0.39, 0.29) is 17.3 Å². The van der Waals surface area contributed by atoms with Gasteiger partial charge in [-0.1, -0.05) is 17.3 Å². The van der Waals surface area contributed by atoms with Gasteiger partial charge in [0.2, 0.25) is 10.0 Å². The number of rotatable bonds is 7. The zero-order chi connectivity index (χ0) is 17.0. The second kappa shape index (κ2) is 7.01. The van der Waals surface area contributed by atoms with Gasteiger partial charge in [-0.05, 0) is 32.9 Å². The second-order valence-corrected chi connectivity index (χ2v) is 6.79. The molecule has 1 N–H and O–H groups in total. The van der Waals surface area contributed by atoms with Crippen molar-refractivity contribution in [1.82, 2.24) is 9.88 Å². The normalized spacial score (nSPS) is 12.9. The number of nitrogens with one attached hydrogen (secondary N) is 1. The van der Waals surface area contributed by atoms with E-state index >= 15 is 0 Å². The molecular weight excluding hydrogens is 320 g/mol. The van der Waals surface area contributed by atoms with E-state index in [4.69, 9.17) is 14.0 Å². The average Bonchev–Trinajstić information content (AvgIpc) is 2.84. The van der Waals surface area contributed by atoms with E-state index in [1.807, 2.05) is 12.1 Å². The SMILES string of the molecule is COc1ccccc1OC[C@@H](C)NS(=O)(=O)c1c(C)noc1C. The van der Waals surface area contributed by atoms with Gasteiger partial charge in [-0.25, -0.2) is 13.1 Å². The first-order valence-corrected chi connectivity index (χ1v) is 8.54. The molecule has 1 atom stereocenters. The Hall–Kier alpha value is -2.06. The Morgan fingerprint density at radius 3 is 2.48 bits per heavy atom. The highest BCUT2D eigenvalue weighted by Crippen LogP contribution is 2.26. The van der Waals surface area contributed by atoms with Crippen molar-refractivity contribution in [2.75, 3.05) is 13.7 Å². The van der Waals surface area contributed by atoms with Gasteiger partial charge in [-0.2, -0.15) is 0 Å². The molecule has 2 aromatic rings. The summed E-state index contributed by atoms with van der Waals surface area (Å²) in [7, 11) is -2.17. The lowest BCUT2D eigenvalue weighted by molar-refractivity contribution is 0.271. The van der Waals surface area contributed by atoms with Gasteiger partial charge in [0.15, 0.2) is 17.3 Å². The summed E-state index contributed by atoms with van der Waals surface area (Å²) in [6, 6.07) is 6.73. The van der Waals surface area contributed by atoms with Gasteiger partial charge in [-0.15, -0.1) is 0 Å². The standard InChI is InChI=1S/C15H20N2O5S/c1-10(9-21-14-8-6-5-7-13(14)20-4)17-23(18,19)15-11(2)16-22-12(15)3/h5-8,10,17H,9H2,1-4H3/t10-/m1/s1. The molecular formula is C15H20N2O5S. The Morgan fingerprint density at radius 2 is 1.91 bits per heavy atom. The monoisotopic (exact) mass is 340 g/mol. The van der Waals surface area contributed by atoms with Gasteiger partial charge in [0, 0.05) is 0 Å². The van der Waals surface area contributed by atoms with Crippen LogP contribution in [0.4, 0.5) is 0 Å². The third-order valence-electron chi connectivity index (χ3n) is 3.15. The fraction of sp³-hybridized carbons (Fsp3) is 0.400. The molecule has 0 aliphatic heterocycles. The molecule has 0 aliphatic rings. The van der Waals surface area contributed by atoms with Crippen molar-refractivity contribution in [3.8, 4) is 11.5 Å². The van der Waals surface area contributed by atoms with Crippen molar-refractivity contribution < 1.29 is 22.4 Å². The summed E-state index contributed by atoms with van der Waals surface area (Å²) in [5.74, 6) is 1.40. The van der Waals surface area contributed by atoms with Crippen LogP contribution in [0, 0.1) is 13.8 Å². The van der Waals surface area contributed by atoms with Crippen LogP contribution in [0.15, 0.2) is 33.7 Å². The van der Waals surface area contributed by atoms with Crippen molar-refractivity contribution in [2.24, 2.45) is 0 Å². The highest BCUT2D eigenvalue weighted by atomic mass is 32.2. The van der Waals surface area contributed by atoms with E-state index in [2.05, 4.69) is 9.88 Å². The molecule has 1 aromatic carbocycles. The van der Waals surface area contributed by atoms with Gasteiger partial charge < -0.3 is 14.0 Å². The van der Waals surface area contributed by atoms with Crippen LogP contribution in [0.3, 0.4) is 0 Å². The van der Waals surface area contributed by atoms with Gasteiger partial charge in [0.05, 0.1) is 13.2 Å². The fourth-order valence-corrected chi connectivity index (χ4v) is 3.73. The van der Waals surface area contributed by atoms with Crippen LogP contribution >= 0.6 is 0 Å². The molecule has 23 heavy (non-hydrogen) atoms. The van der Waals surface area contributed by atoms with Crippen LogP contribution in [0.2, 0.25) is 0 Å². The fourth-order valence-electron chi connectivity index (χ4n) is 2.17. The van der Waals surface area contributed by atoms with Crippen LogP contribution < -0.4 is 14.2 Å². The number of benzene rings is 1. The topological polar surface area (TPSA) is 90.7 Å². The molecule has 0 amide bonds. The molecule has 2 rings (SSSR count). The molecule has 0 bridgehead atoms. The Labute approximate surface area is 135 Å². The molecule has 0 aliphatic carbocycles. The largest absolute Gasteiger partial charge is 0.493 e. The summed E-state index contributed by atoms with van der Waals surface area (Å²) in [4.78, 5) is 0.0710. The van der Waals surface area contributed by atoms with E-state index in [1.54, 1.807) is 40.0 Å². The maximum absolute atomic E-state index is 12.4. The van der Waals surface area contributed by atoms with Crippen molar-refractivity contribution >= 4 is 10.0 Å². The third-order valence-corrected chi connectivity index (χ3v) is 4.98. The third kappa shape index (κ3) is 4.02. The number of para-hydroxylation sites is 2. The highest BCUT2D eigenvalue weighted by Gasteiger charge is 2.26. The Kier molecular flexibility index (Phi) is 5.27. The number of nitrogens with zero attached hydrogens (tertiary/aromatic N) is 1. The minimum Gasteiger partial charge on any atom is -0.493 e. The minimum absolute atomic E-state index is 0.0710. The van der Waals surface area contributed by atoms with Gasteiger partial charge in [0.1, 0.15) is 17.2 Å². The van der Waals surface area contributed by atoms with Crippen molar-refractivity contribution in [3.63, 3.8) is 0 Å². The summed E-state index contributed by atoms with van der Waals surface area (Å²) in [6.45, 7) is 5.01. The van der Waals surface area contributed by atoms with Gasteiger partial charge in [-0.3, -0.25) is 0 Å². The number of hydrogen-bond donors (Lipinski definition) is 1. The number of hydrogen-bond acceptors (Lipinski definition) is 6. The molecule has 126 valence electrons. The molecule has 0 spiro atoms. The zero-order valence-corrected chi connectivity index (χ0v) is 14.3. The van der Waals surface area contributed by atoms with Crippen LogP contribution in [0.25, 0.3) is 0 Å². The average molecular weight is 340 g/mol. The minimum atomic E-state index is -3.72. The summed E-state index contributed by atoms with van der Waals surface area (Å²) >= 11 is 0. The molecule has 0 saturated heterocycles. The molecule has 7 nitrogen and oxygen atoms in total. The van der Waals surface area contributed by atoms with E-state index in [0.717, 1.165) is 0 Å². The summed E-state index contributed by atoms with van der Waals surface area (Å²) in [5, 5.41) is 3.66. The number of aromatic nitrogens is 1. The lowest BCUT2D eigenvalue weighted by atomic mass is 10.3. The van der Waals surface area contributed by atoms with Crippen LogP contribution in [0.5, 0.6) is 11.5 Å². The molecule has 1 heterocycles. The predicted molar refractivity (Wildman–Crippen MR) is 84.2 cm³/mol. The summed E-state index contributed by atoms with van der Waals surface area (Å²) < 4.78 is 43.0. The van der Waals surface area contributed by atoms with Crippen molar-refractivity contribution in [3.05, 3.63) is 35.7 Å². The smallest absolute Gasteiger partial charge is 0.246 e. The number of aryl methyl sites for hydroxylation is 2. The van der Waals surface area contributed by atoms with Crippen molar-refractivity contribution in [2.45, 2.75) is 31.7 Å². The lowest BCUT2D eigenvalue weighted by Crippen LogP contribution is -2.37. The van der Waals surface area contributed by atoms with Gasteiger partial charge >= 0.3 is 0 Å². The van der Waals surface area contributed by atoms with Crippen LogP contribution in [-0.4, -0.2) is 33.3 Å². The number of sulfonamides is 1. The van der Waals surface area contributed by atoms with E-state index in [9.17, 15) is 8.42 Å². The second-order valence-electron chi connectivity index (χ2n) is 5.14. The first kappa shape index (κ1) is 17.3. The quantitative estimate of drug-likeness (QED) is 0.829. The maximum atomic E-state index is 12.4. The van der Waals surface area contributed by atoms with Crippen molar-refractivity contribution in [1.29, 1.82) is 0 Å². The molecule has 0 saturated carbocycles. The molecule has 8 heteroatoms. The Balaban J connectivity index is 2.03. The molecule has 0 unspecified atom stereocenters. The molecule has 0 fully saturated rings. The summed E-state index contributed by atoms with van der Waals surface area (Å²) in [5.41, 5.74) is 0.327. The number of methoxy groups -OCH3 is 1. The Bertz CT molecular complexity index is 750. The van der Waals surface area contributed by atoms with Crippen LogP contribution in [-0.2, 0) is 10.0 Å². The number of ether oxygens (including phenoxy) is 2. The predicted octanol–water partition coefficient (Wildman–Crippen LogP) is 2.05. The maximum Gasteiger partial charge on any atom is 0.246 e. The first-order chi connectivity index (χ1) is 10.8. The first-order valence-electron chi connectivity index (χ1n) is 7.06. The summed E-state index contributed by atoms with van der Waals surface area (Å²) in [6.07, 6.45) is 0. The Morgan fingerprint density at radius 1 is 1.26 bits per heavy atom. The van der Waals surface area contributed by atoms with E-state index in [0.29, 0.717) is 17.2 Å². The van der Waals surface area contributed by atoms with Gasteiger partial charge in [0.25, 0.3) is 0 Å². The van der Waals surface area contributed by atoms with E-state index < -0.39 is 16.1 Å². The van der Waals surface area contributed by atoms with E-state index in [1.165, 1.54) is 0 Å². The molecule has 1 aromatic heterocycles.